The van der Waals surface area contributed by atoms with Crippen LogP contribution in [0, 0.1) is 0 Å². The summed E-state index contributed by atoms with van der Waals surface area (Å²) < 4.78 is 20.6. The molecule has 1 aliphatic heterocycles. The lowest BCUT2D eigenvalue weighted by atomic mass is 10.2. The summed E-state index contributed by atoms with van der Waals surface area (Å²) in [4.78, 5) is 23.4. The Morgan fingerprint density at radius 3 is 2.81 bits per heavy atom. The maximum absolute atomic E-state index is 11.7. The average Bonchev–Trinajstić information content (AvgIpc) is 3.16. The van der Waals surface area contributed by atoms with Crippen molar-refractivity contribution < 1.29 is 28.5 Å². The minimum absolute atomic E-state index is 0.0457. The van der Waals surface area contributed by atoms with Gasteiger partial charge in [0.25, 0.3) is 5.91 Å². The van der Waals surface area contributed by atoms with Crippen molar-refractivity contribution in [1.82, 2.24) is 5.32 Å². The number of rotatable bonds is 8. The highest BCUT2D eigenvalue weighted by Crippen LogP contribution is 2.36. The van der Waals surface area contributed by atoms with Gasteiger partial charge in [0, 0.05) is 19.2 Å². The first kappa shape index (κ1) is 20.1. The van der Waals surface area contributed by atoms with Gasteiger partial charge in [0.05, 0.1) is 25.3 Å². The van der Waals surface area contributed by atoms with Crippen LogP contribution in [-0.2, 0) is 19.1 Å². The average molecular weight is 384 g/mol. The maximum atomic E-state index is 11.7. The second-order valence-corrected chi connectivity index (χ2v) is 6.03. The molecule has 1 aromatic carbocycles. The fourth-order valence-electron chi connectivity index (χ4n) is 2.47. The van der Waals surface area contributed by atoms with Gasteiger partial charge in [0.2, 0.25) is 0 Å². The predicted octanol–water partition coefficient (Wildman–Crippen LogP) is 2.21. The number of ether oxygens (including phenoxy) is 4. The molecule has 26 heavy (non-hydrogen) atoms. The van der Waals surface area contributed by atoms with Gasteiger partial charge in [-0.15, -0.1) is 0 Å². The molecule has 1 unspecified atom stereocenters. The molecule has 0 bridgehead atoms. The van der Waals surface area contributed by atoms with E-state index in [2.05, 4.69) is 5.32 Å². The van der Waals surface area contributed by atoms with Gasteiger partial charge in [-0.1, -0.05) is 11.6 Å². The van der Waals surface area contributed by atoms with E-state index in [-0.39, 0.29) is 18.6 Å². The Morgan fingerprint density at radius 2 is 2.15 bits per heavy atom. The molecule has 142 valence electrons. The van der Waals surface area contributed by atoms with Crippen molar-refractivity contribution in [2.45, 2.75) is 18.9 Å². The van der Waals surface area contributed by atoms with E-state index >= 15 is 0 Å². The van der Waals surface area contributed by atoms with Crippen LogP contribution >= 0.6 is 11.6 Å². The topological polar surface area (TPSA) is 83.1 Å². The third-order valence-electron chi connectivity index (χ3n) is 3.76. The minimum atomic E-state index is -0.636. The Balaban J connectivity index is 1.81. The molecule has 1 aliphatic rings. The van der Waals surface area contributed by atoms with E-state index in [4.69, 9.17) is 30.5 Å². The summed E-state index contributed by atoms with van der Waals surface area (Å²) >= 11 is 6.10. The molecular formula is C18H22ClNO6. The van der Waals surface area contributed by atoms with Gasteiger partial charge in [-0.05, 0) is 36.6 Å². The molecule has 1 heterocycles. The second-order valence-electron chi connectivity index (χ2n) is 5.62. The van der Waals surface area contributed by atoms with Crippen molar-refractivity contribution in [2.75, 3.05) is 34.0 Å². The number of carbonyl (C=O) groups excluding carboxylic acids is 2. The molecule has 1 fully saturated rings. The number of amides is 1. The van der Waals surface area contributed by atoms with E-state index < -0.39 is 5.97 Å². The molecule has 1 aromatic rings. The lowest BCUT2D eigenvalue weighted by Gasteiger charge is -2.10. The van der Waals surface area contributed by atoms with Crippen LogP contribution in [0.15, 0.2) is 18.2 Å². The monoisotopic (exact) mass is 383 g/mol. The van der Waals surface area contributed by atoms with E-state index in [9.17, 15) is 9.59 Å². The summed E-state index contributed by atoms with van der Waals surface area (Å²) in [6, 6.07) is 3.30. The van der Waals surface area contributed by atoms with Gasteiger partial charge in [-0.2, -0.15) is 0 Å². The Labute approximate surface area is 157 Å². The molecule has 0 radical (unpaired) electrons. The van der Waals surface area contributed by atoms with Crippen LogP contribution < -0.4 is 14.8 Å². The Morgan fingerprint density at radius 1 is 1.35 bits per heavy atom. The summed E-state index contributed by atoms with van der Waals surface area (Å²) in [5, 5.41) is 3.03. The summed E-state index contributed by atoms with van der Waals surface area (Å²) in [5.74, 6) is -0.141. The standard InChI is InChI=1S/C18H22ClNO6/c1-23-15-9-12(8-14(19)18(15)24-2)5-6-17(22)26-11-16(21)20-10-13-4-3-7-25-13/h5-6,8-9,13H,3-4,7,10-11H2,1-2H3,(H,20,21)/b6-5+. The summed E-state index contributed by atoms with van der Waals surface area (Å²) in [5.41, 5.74) is 0.632. The lowest BCUT2D eigenvalue weighted by molar-refractivity contribution is -0.143. The normalized spacial score (nSPS) is 16.5. The zero-order chi connectivity index (χ0) is 18.9. The third-order valence-corrected chi connectivity index (χ3v) is 4.04. The first-order valence-electron chi connectivity index (χ1n) is 8.18. The first-order chi connectivity index (χ1) is 12.5. The van der Waals surface area contributed by atoms with Gasteiger partial charge in [-0.3, -0.25) is 4.79 Å². The molecule has 7 nitrogen and oxygen atoms in total. The molecule has 8 heteroatoms. The molecule has 0 aromatic heterocycles. The second kappa shape index (κ2) is 10.0. The fraction of sp³-hybridized carbons (Fsp3) is 0.444. The molecular weight excluding hydrogens is 362 g/mol. The quantitative estimate of drug-likeness (QED) is 0.547. The van der Waals surface area contributed by atoms with E-state index in [1.165, 1.54) is 26.4 Å². The zero-order valence-corrected chi connectivity index (χ0v) is 15.5. The Kier molecular flexibility index (Phi) is 7.74. The molecule has 2 rings (SSSR count). The third kappa shape index (κ3) is 5.93. The van der Waals surface area contributed by atoms with Crippen molar-refractivity contribution >= 4 is 29.6 Å². The number of halogens is 1. The highest BCUT2D eigenvalue weighted by Gasteiger charge is 2.16. The molecule has 1 N–H and O–H groups in total. The van der Waals surface area contributed by atoms with Crippen molar-refractivity contribution in [3.05, 3.63) is 28.8 Å². The van der Waals surface area contributed by atoms with Gasteiger partial charge in [0.15, 0.2) is 18.1 Å². The Bertz CT molecular complexity index is 670. The van der Waals surface area contributed by atoms with Crippen molar-refractivity contribution in [1.29, 1.82) is 0 Å². The van der Waals surface area contributed by atoms with E-state index in [1.807, 2.05) is 0 Å². The molecule has 1 saturated heterocycles. The SMILES string of the molecule is COc1cc(/C=C/C(=O)OCC(=O)NCC2CCCO2)cc(Cl)c1OC. The number of nitrogens with one attached hydrogen (secondary N) is 1. The fourth-order valence-corrected chi connectivity index (χ4v) is 2.76. The predicted molar refractivity (Wildman–Crippen MR) is 96.5 cm³/mol. The summed E-state index contributed by atoms with van der Waals surface area (Å²) in [6.07, 6.45) is 4.70. The van der Waals surface area contributed by atoms with Crippen LogP contribution in [0.3, 0.4) is 0 Å². The Hall–Kier alpha value is -2.25. The van der Waals surface area contributed by atoms with Crippen molar-refractivity contribution in [3.63, 3.8) is 0 Å². The number of benzene rings is 1. The van der Waals surface area contributed by atoms with Gasteiger partial charge >= 0.3 is 5.97 Å². The molecule has 1 amide bonds. The highest BCUT2D eigenvalue weighted by atomic mass is 35.5. The summed E-state index contributed by atoms with van der Waals surface area (Å²) in [6.45, 7) is 0.805. The smallest absolute Gasteiger partial charge is 0.331 e. The van der Waals surface area contributed by atoms with Crippen LogP contribution in [0.25, 0.3) is 6.08 Å². The van der Waals surface area contributed by atoms with E-state index in [1.54, 1.807) is 12.1 Å². The van der Waals surface area contributed by atoms with Crippen LogP contribution in [0.4, 0.5) is 0 Å². The molecule has 0 aliphatic carbocycles. The molecule has 0 spiro atoms. The maximum Gasteiger partial charge on any atom is 0.331 e. The molecule has 0 saturated carbocycles. The minimum Gasteiger partial charge on any atom is -0.493 e. The first-order valence-corrected chi connectivity index (χ1v) is 8.56. The van der Waals surface area contributed by atoms with Gasteiger partial charge < -0.3 is 24.3 Å². The van der Waals surface area contributed by atoms with Crippen LogP contribution in [0.1, 0.15) is 18.4 Å². The highest BCUT2D eigenvalue weighted by molar-refractivity contribution is 6.32. The number of hydrogen-bond donors (Lipinski definition) is 1. The number of esters is 1. The number of hydrogen-bond acceptors (Lipinski definition) is 6. The lowest BCUT2D eigenvalue weighted by Crippen LogP contribution is -2.34. The molecule has 1 atom stereocenters. The zero-order valence-electron chi connectivity index (χ0n) is 14.7. The van der Waals surface area contributed by atoms with Crippen molar-refractivity contribution in [2.24, 2.45) is 0 Å². The van der Waals surface area contributed by atoms with Crippen LogP contribution in [0.5, 0.6) is 11.5 Å². The van der Waals surface area contributed by atoms with Crippen molar-refractivity contribution in [3.8, 4) is 11.5 Å². The number of carbonyl (C=O) groups is 2. The van der Waals surface area contributed by atoms with Crippen LogP contribution in [-0.4, -0.2) is 52.0 Å². The van der Waals surface area contributed by atoms with Gasteiger partial charge in [-0.25, -0.2) is 4.79 Å². The summed E-state index contributed by atoms with van der Waals surface area (Å²) in [7, 11) is 2.98. The van der Waals surface area contributed by atoms with Gasteiger partial charge in [0.1, 0.15) is 0 Å². The van der Waals surface area contributed by atoms with E-state index in [0.717, 1.165) is 19.4 Å². The number of methoxy groups -OCH3 is 2. The van der Waals surface area contributed by atoms with Crippen LogP contribution in [0.2, 0.25) is 5.02 Å². The largest absolute Gasteiger partial charge is 0.493 e. The van der Waals surface area contributed by atoms with E-state index in [0.29, 0.717) is 28.6 Å².